The molecule has 0 aliphatic rings. The monoisotopic (exact) mass is 359 g/mol. The van der Waals surface area contributed by atoms with E-state index in [9.17, 15) is 9.59 Å². The number of carbonyl (C=O) groups excluding carboxylic acids is 2. The summed E-state index contributed by atoms with van der Waals surface area (Å²) < 4.78 is 0. The van der Waals surface area contributed by atoms with E-state index >= 15 is 0 Å². The van der Waals surface area contributed by atoms with Crippen molar-refractivity contribution in [1.29, 1.82) is 0 Å². The first kappa shape index (κ1) is 18.3. The number of nitrogens with one attached hydrogen (secondary N) is 2. The van der Waals surface area contributed by atoms with Crippen LogP contribution in [0, 0.1) is 13.8 Å². The van der Waals surface area contributed by atoms with Crippen LogP contribution in [0.25, 0.3) is 0 Å². The molecule has 5 nitrogen and oxygen atoms in total. The molecule has 0 bridgehead atoms. The molecule has 1 amide bonds. The highest BCUT2D eigenvalue weighted by atomic mass is 16.1. The molecule has 0 spiro atoms. The molecule has 2 N–H and O–H groups in total. The fourth-order valence-corrected chi connectivity index (χ4v) is 2.56. The van der Waals surface area contributed by atoms with Gasteiger partial charge in [-0.1, -0.05) is 6.07 Å². The lowest BCUT2D eigenvalue weighted by molar-refractivity contribution is 0.101. The number of benzene rings is 2. The zero-order valence-electron chi connectivity index (χ0n) is 15.5. The number of aryl methyl sites for hydroxylation is 2. The Hall–Kier alpha value is -3.47. The molecule has 3 aromatic rings. The number of amides is 1. The third kappa shape index (κ3) is 4.58. The molecule has 0 aliphatic carbocycles. The van der Waals surface area contributed by atoms with Crippen molar-refractivity contribution in [3.05, 3.63) is 83.0 Å². The van der Waals surface area contributed by atoms with Gasteiger partial charge in [-0.3, -0.25) is 9.59 Å². The summed E-state index contributed by atoms with van der Waals surface area (Å²) in [6.07, 6.45) is 1.60. The molecule has 0 aliphatic heterocycles. The van der Waals surface area contributed by atoms with Crippen molar-refractivity contribution >= 4 is 28.9 Å². The molecule has 1 heterocycles. The molecule has 0 unspecified atom stereocenters. The molecule has 1 aromatic heterocycles. The van der Waals surface area contributed by atoms with E-state index in [4.69, 9.17) is 0 Å². The summed E-state index contributed by atoms with van der Waals surface area (Å²) in [7, 11) is 0. The lowest BCUT2D eigenvalue weighted by Crippen LogP contribution is -2.12. The SMILES string of the molecule is CC(=O)c1ccc(Nc2ccc(NC(=O)c3ccc(C)c(C)c3)cn2)cc1. The van der Waals surface area contributed by atoms with Crippen LogP contribution in [0.1, 0.15) is 38.8 Å². The van der Waals surface area contributed by atoms with Crippen LogP contribution in [0.3, 0.4) is 0 Å². The highest BCUT2D eigenvalue weighted by Crippen LogP contribution is 2.18. The van der Waals surface area contributed by atoms with Crippen LogP contribution < -0.4 is 10.6 Å². The number of hydrogen-bond donors (Lipinski definition) is 2. The molecular weight excluding hydrogens is 338 g/mol. The maximum Gasteiger partial charge on any atom is 0.255 e. The van der Waals surface area contributed by atoms with Gasteiger partial charge in [0.25, 0.3) is 5.91 Å². The van der Waals surface area contributed by atoms with Gasteiger partial charge < -0.3 is 10.6 Å². The maximum absolute atomic E-state index is 12.4. The van der Waals surface area contributed by atoms with Crippen LogP contribution in [0.15, 0.2) is 60.8 Å². The van der Waals surface area contributed by atoms with Gasteiger partial charge in [-0.25, -0.2) is 4.98 Å². The summed E-state index contributed by atoms with van der Waals surface area (Å²) in [4.78, 5) is 28.0. The van der Waals surface area contributed by atoms with Gasteiger partial charge in [0.05, 0.1) is 11.9 Å². The van der Waals surface area contributed by atoms with Gasteiger partial charge in [0.15, 0.2) is 5.78 Å². The standard InChI is InChI=1S/C22H21N3O2/c1-14-4-5-18(12-15(14)2)22(27)25-20-10-11-21(23-13-20)24-19-8-6-17(7-9-19)16(3)26/h4-13H,1-3H3,(H,23,24)(H,25,27). The van der Waals surface area contributed by atoms with Crippen molar-refractivity contribution in [2.24, 2.45) is 0 Å². The topological polar surface area (TPSA) is 71.1 Å². The number of anilines is 3. The molecule has 5 heteroatoms. The number of aromatic nitrogens is 1. The fourth-order valence-electron chi connectivity index (χ4n) is 2.56. The molecule has 0 radical (unpaired) electrons. The van der Waals surface area contributed by atoms with E-state index in [2.05, 4.69) is 15.6 Å². The van der Waals surface area contributed by atoms with Gasteiger partial charge in [-0.05, 0) is 80.4 Å². The molecule has 27 heavy (non-hydrogen) atoms. The number of carbonyl (C=O) groups is 2. The van der Waals surface area contributed by atoms with E-state index in [1.807, 2.05) is 44.2 Å². The Bertz CT molecular complexity index is 977. The zero-order valence-corrected chi connectivity index (χ0v) is 15.5. The second-order valence-corrected chi connectivity index (χ2v) is 6.44. The Morgan fingerprint density at radius 2 is 1.48 bits per heavy atom. The number of pyridine rings is 1. The van der Waals surface area contributed by atoms with Crippen molar-refractivity contribution in [2.45, 2.75) is 20.8 Å². The van der Waals surface area contributed by atoms with Gasteiger partial charge in [0, 0.05) is 16.8 Å². The van der Waals surface area contributed by atoms with Gasteiger partial charge in [0.1, 0.15) is 5.82 Å². The molecule has 0 fully saturated rings. The number of Topliss-reactive ketones (excluding diaryl/α,β-unsaturated/α-hetero) is 1. The summed E-state index contributed by atoms with van der Waals surface area (Å²) in [5.74, 6) is 0.513. The van der Waals surface area contributed by atoms with E-state index < -0.39 is 0 Å². The predicted octanol–water partition coefficient (Wildman–Crippen LogP) is 4.90. The molecule has 3 rings (SSSR count). The molecular formula is C22H21N3O2. The second kappa shape index (κ2) is 7.83. The summed E-state index contributed by atoms with van der Waals surface area (Å²) in [6, 6.07) is 16.4. The number of hydrogen-bond acceptors (Lipinski definition) is 4. The third-order valence-electron chi connectivity index (χ3n) is 4.35. The number of nitrogens with zero attached hydrogens (tertiary/aromatic N) is 1. The lowest BCUT2D eigenvalue weighted by Gasteiger charge is -2.09. The van der Waals surface area contributed by atoms with E-state index in [0.29, 0.717) is 22.6 Å². The lowest BCUT2D eigenvalue weighted by atomic mass is 10.1. The first-order chi connectivity index (χ1) is 12.9. The van der Waals surface area contributed by atoms with Crippen molar-refractivity contribution < 1.29 is 9.59 Å². The minimum atomic E-state index is -0.166. The zero-order chi connectivity index (χ0) is 19.4. The Balaban J connectivity index is 1.65. The molecule has 0 saturated heterocycles. The first-order valence-electron chi connectivity index (χ1n) is 8.65. The van der Waals surface area contributed by atoms with Gasteiger partial charge in [-0.2, -0.15) is 0 Å². The smallest absolute Gasteiger partial charge is 0.255 e. The number of rotatable bonds is 5. The van der Waals surface area contributed by atoms with Crippen LogP contribution in [0.5, 0.6) is 0 Å². The van der Waals surface area contributed by atoms with Crippen LogP contribution in [0.4, 0.5) is 17.2 Å². The largest absolute Gasteiger partial charge is 0.340 e. The summed E-state index contributed by atoms with van der Waals surface area (Å²) in [6.45, 7) is 5.53. The maximum atomic E-state index is 12.4. The summed E-state index contributed by atoms with van der Waals surface area (Å²) in [5.41, 5.74) is 4.97. The van der Waals surface area contributed by atoms with Crippen molar-refractivity contribution in [1.82, 2.24) is 4.98 Å². The predicted molar refractivity (Wildman–Crippen MR) is 108 cm³/mol. The minimum Gasteiger partial charge on any atom is -0.340 e. The van der Waals surface area contributed by atoms with Crippen molar-refractivity contribution in [3.8, 4) is 0 Å². The van der Waals surface area contributed by atoms with E-state index in [1.54, 1.807) is 30.5 Å². The Morgan fingerprint density at radius 1 is 0.815 bits per heavy atom. The van der Waals surface area contributed by atoms with Crippen LogP contribution >= 0.6 is 0 Å². The first-order valence-corrected chi connectivity index (χ1v) is 8.65. The molecule has 136 valence electrons. The third-order valence-corrected chi connectivity index (χ3v) is 4.35. The number of ketones is 1. The average molecular weight is 359 g/mol. The van der Waals surface area contributed by atoms with Crippen molar-refractivity contribution in [3.63, 3.8) is 0 Å². The Kier molecular flexibility index (Phi) is 5.31. The Labute approximate surface area is 158 Å². The van der Waals surface area contributed by atoms with Gasteiger partial charge >= 0.3 is 0 Å². The van der Waals surface area contributed by atoms with Crippen LogP contribution in [-0.4, -0.2) is 16.7 Å². The normalized spacial score (nSPS) is 10.3. The van der Waals surface area contributed by atoms with E-state index in [0.717, 1.165) is 16.8 Å². The van der Waals surface area contributed by atoms with Crippen LogP contribution in [0.2, 0.25) is 0 Å². The highest BCUT2D eigenvalue weighted by Gasteiger charge is 2.08. The van der Waals surface area contributed by atoms with Gasteiger partial charge in [0.2, 0.25) is 0 Å². The molecule has 0 saturated carbocycles. The Morgan fingerprint density at radius 3 is 2.07 bits per heavy atom. The van der Waals surface area contributed by atoms with Crippen molar-refractivity contribution in [2.75, 3.05) is 10.6 Å². The highest BCUT2D eigenvalue weighted by molar-refractivity contribution is 6.04. The second-order valence-electron chi connectivity index (χ2n) is 6.44. The van der Waals surface area contributed by atoms with Gasteiger partial charge in [-0.15, -0.1) is 0 Å². The quantitative estimate of drug-likeness (QED) is 0.636. The molecule has 0 atom stereocenters. The fraction of sp³-hybridized carbons (Fsp3) is 0.136. The summed E-state index contributed by atoms with van der Waals surface area (Å²) in [5, 5.41) is 6.01. The van der Waals surface area contributed by atoms with E-state index in [-0.39, 0.29) is 11.7 Å². The summed E-state index contributed by atoms with van der Waals surface area (Å²) >= 11 is 0. The minimum absolute atomic E-state index is 0.0311. The average Bonchev–Trinajstić information content (AvgIpc) is 2.66. The van der Waals surface area contributed by atoms with E-state index in [1.165, 1.54) is 6.92 Å². The van der Waals surface area contributed by atoms with Crippen LogP contribution in [-0.2, 0) is 0 Å². The molecule has 2 aromatic carbocycles.